The molecule has 6 aliphatic rings. The molecule has 2 aromatic carbocycles. The maximum Gasteiger partial charge on any atom is 0.415 e. The Balaban J connectivity index is 0.692. The van der Waals surface area contributed by atoms with E-state index < -0.39 is 41.7 Å². The summed E-state index contributed by atoms with van der Waals surface area (Å²) in [5, 5.41) is 18.5. The summed E-state index contributed by atoms with van der Waals surface area (Å²) in [4.78, 5) is 142. The van der Waals surface area contributed by atoms with Crippen LogP contribution in [0.5, 0.6) is 0 Å². The van der Waals surface area contributed by atoms with Gasteiger partial charge in [-0.25, -0.2) is 9.59 Å². The summed E-state index contributed by atoms with van der Waals surface area (Å²) in [6.45, 7) is 10.5. The fraction of sp³-hybridized carbons (Fsp3) is 0.529. The van der Waals surface area contributed by atoms with Crippen molar-refractivity contribution in [3.8, 4) is 0 Å². The zero-order valence-electron chi connectivity index (χ0n) is 55.3. The van der Waals surface area contributed by atoms with E-state index in [-0.39, 0.29) is 125 Å². The van der Waals surface area contributed by atoms with E-state index in [0.717, 1.165) is 64.1 Å². The van der Waals surface area contributed by atoms with Crippen LogP contribution in [0.15, 0.2) is 89.8 Å². The molecule has 0 bridgehead atoms. The Morgan fingerprint density at radius 1 is 0.732 bits per heavy atom. The van der Waals surface area contributed by atoms with Crippen molar-refractivity contribution < 1.29 is 71.6 Å². The summed E-state index contributed by atoms with van der Waals surface area (Å²) in [6, 6.07) is 9.33. The van der Waals surface area contributed by atoms with Crippen LogP contribution in [-0.4, -0.2) is 239 Å². The number of carbonyl (C=O) groups excluding carboxylic acids is 10. The van der Waals surface area contributed by atoms with E-state index in [1.807, 2.05) is 50.1 Å². The second kappa shape index (κ2) is 35.8. The van der Waals surface area contributed by atoms with Crippen LogP contribution >= 0.6 is 15.9 Å². The average molecular weight is 1410 g/mol. The van der Waals surface area contributed by atoms with Crippen LogP contribution in [0.4, 0.5) is 21.0 Å². The van der Waals surface area contributed by atoms with Gasteiger partial charge in [-0.3, -0.25) is 43.3 Å². The Morgan fingerprint density at radius 2 is 1.41 bits per heavy atom. The first kappa shape index (κ1) is 72.9. The minimum absolute atomic E-state index is 0.00764. The van der Waals surface area contributed by atoms with Crippen LogP contribution in [-0.2, 0) is 58.9 Å². The zero-order valence-corrected chi connectivity index (χ0v) is 56.9. The number of H-pyrrole nitrogens is 1. The number of likely N-dealkylation sites (tertiary alicyclic amines) is 1. The second-order valence-corrected chi connectivity index (χ2v) is 25.6. The number of halogens is 1. The maximum absolute atomic E-state index is 14.8. The Hall–Kier alpha value is -8.32. The van der Waals surface area contributed by atoms with Gasteiger partial charge in [-0.1, -0.05) is 41.9 Å². The number of carbonyl (C=O) groups is 10. The molecule has 2 saturated heterocycles. The van der Waals surface area contributed by atoms with Gasteiger partial charge in [0.25, 0.3) is 23.6 Å². The number of nitrogens with two attached hydrogens (primary N) is 1. The minimum Gasteiger partial charge on any atom is -0.410 e. The first-order valence-corrected chi connectivity index (χ1v) is 34.5. The molecule has 9 rings (SSSR count). The lowest BCUT2D eigenvalue weighted by atomic mass is 9.75. The second-order valence-electron chi connectivity index (χ2n) is 24.9. The van der Waals surface area contributed by atoms with Crippen molar-refractivity contribution >= 4 is 97.6 Å². The molecule has 5 heterocycles. The monoisotopic (exact) mass is 1410 g/mol. The third-order valence-corrected chi connectivity index (χ3v) is 18.7. The first-order chi connectivity index (χ1) is 46.9. The number of piperazine rings is 1. The van der Waals surface area contributed by atoms with Gasteiger partial charge in [0.1, 0.15) is 17.5 Å². The van der Waals surface area contributed by atoms with E-state index >= 15 is 0 Å². The highest BCUT2D eigenvalue weighted by Crippen LogP contribution is 2.47. The molecule has 2 fully saturated rings. The number of hydrogen-bond donors (Lipinski definition) is 8. The lowest BCUT2D eigenvalue weighted by molar-refractivity contribution is -0.137. The quantitative estimate of drug-likeness (QED) is 0.0238. The number of urea groups is 1. The predicted molar refractivity (Wildman–Crippen MR) is 363 cm³/mol. The predicted octanol–water partition coefficient (Wildman–Crippen LogP) is 3.24. The summed E-state index contributed by atoms with van der Waals surface area (Å²) in [6.07, 6.45) is 11.0. The molecule has 524 valence electrons. The highest BCUT2D eigenvalue weighted by Gasteiger charge is 2.48. The van der Waals surface area contributed by atoms with E-state index in [0.29, 0.717) is 100 Å². The molecule has 2 aliphatic carbocycles. The number of amides is 11. The number of primary amides is 1. The van der Waals surface area contributed by atoms with Gasteiger partial charge in [0.05, 0.1) is 64.9 Å². The molecule has 1 aromatic heterocycles. The smallest absolute Gasteiger partial charge is 0.410 e. The first-order valence-electron chi connectivity index (χ1n) is 33.3. The van der Waals surface area contributed by atoms with Crippen LogP contribution in [0, 0.1) is 17.8 Å². The number of hydrogen-bond acceptors (Lipinski definition) is 17. The van der Waals surface area contributed by atoms with E-state index in [9.17, 15) is 47.9 Å². The van der Waals surface area contributed by atoms with Gasteiger partial charge in [0.15, 0.2) is 0 Å². The highest BCUT2D eigenvalue weighted by molar-refractivity contribution is 9.09. The summed E-state index contributed by atoms with van der Waals surface area (Å²) in [5.74, 6) is -2.31. The van der Waals surface area contributed by atoms with Gasteiger partial charge >= 0.3 is 12.1 Å². The summed E-state index contributed by atoms with van der Waals surface area (Å²) in [5.41, 5.74) is 11.1. The number of alkyl halides is 1. The molecular weight excluding hydrogens is 1320 g/mol. The molecule has 5 atom stereocenters. The fourth-order valence-corrected chi connectivity index (χ4v) is 13.3. The lowest BCUT2D eigenvalue weighted by Crippen LogP contribution is -2.54. The molecule has 4 aliphatic heterocycles. The maximum atomic E-state index is 14.8. The molecule has 97 heavy (non-hydrogen) atoms. The summed E-state index contributed by atoms with van der Waals surface area (Å²) in [7, 11) is 2.04. The number of allylic oxidation sites excluding steroid dienone is 3. The lowest BCUT2D eigenvalue weighted by Gasteiger charge is -2.36. The van der Waals surface area contributed by atoms with Gasteiger partial charge in [-0.15, -0.1) is 0 Å². The molecular formula is C68H90BrN13O15. The number of imide groups is 1. The fourth-order valence-electron chi connectivity index (χ4n) is 12.7. The molecule has 0 spiro atoms. The van der Waals surface area contributed by atoms with Crippen molar-refractivity contribution in [3.63, 3.8) is 0 Å². The van der Waals surface area contributed by atoms with Crippen molar-refractivity contribution in [3.05, 3.63) is 107 Å². The molecule has 9 N–H and O–H groups in total. The Kier molecular flexibility index (Phi) is 26.9. The number of rotatable bonds is 35. The number of anilines is 2. The van der Waals surface area contributed by atoms with E-state index in [1.54, 1.807) is 34.1 Å². The number of nitrogens with one attached hydrogen (secondary N) is 7. The third-order valence-electron chi connectivity index (χ3n) is 17.9. The van der Waals surface area contributed by atoms with Crippen molar-refractivity contribution in [2.45, 2.75) is 76.9 Å². The molecule has 28 nitrogen and oxygen atoms in total. The van der Waals surface area contributed by atoms with Crippen LogP contribution in [0.25, 0.3) is 10.9 Å². The highest BCUT2D eigenvalue weighted by atomic mass is 79.9. The molecule has 29 heteroatoms. The van der Waals surface area contributed by atoms with Crippen molar-refractivity contribution in [1.29, 1.82) is 0 Å². The van der Waals surface area contributed by atoms with Crippen molar-refractivity contribution in [2.75, 3.05) is 147 Å². The third kappa shape index (κ3) is 19.7. The van der Waals surface area contributed by atoms with E-state index in [2.05, 4.69) is 69.9 Å². The number of fused-ring (bicyclic) bond motifs is 5. The van der Waals surface area contributed by atoms with Crippen LogP contribution in [0.3, 0.4) is 0 Å². The van der Waals surface area contributed by atoms with Gasteiger partial charge in [0, 0.05) is 136 Å². The zero-order chi connectivity index (χ0) is 69.0. The van der Waals surface area contributed by atoms with Gasteiger partial charge < -0.3 is 85.9 Å². The normalized spacial score (nSPS) is 18.8. The molecule has 2 unspecified atom stereocenters. The number of benzene rings is 2. The molecule has 0 saturated carbocycles. The average Bonchev–Trinajstić information content (AvgIpc) is 1.62. The van der Waals surface area contributed by atoms with Gasteiger partial charge in [-0.2, -0.15) is 0 Å². The standard InChI is InChI=1S/C68H90BrN13O15/c1-43(2)62(73-23-22-71-58(84)20-31-93-33-35-95-37-38-96-36-34-94-32-24-72-57(83)19-26-81-59(85)16-17-60(81)86)64(88)77-52(9-6-21-74-67(70)91)63(87)75-46-12-10-44(11-13-46)65(89)80-25-18-47-50-39-53(76-51(50)14-15-54(47)80)66(90)82-42-45(41-69)61-49-8-5-4-7-48(49)56(40-55(61)82)97-68(92)79-29-27-78(3)28-30-79/h5,8,10-17,39-40,43,45,52,55,61-62,73,76H,4,6-7,9,18-38,41-42H2,1-3H3,(H,71,84)(H,72,83)(H,75,87)(H,77,88)(H3,70,74,91)/t45-,52+,55?,61?,62+/m1/s1. The number of nitrogens with zero attached hydrogens (tertiary/aromatic N) is 5. The molecule has 11 amide bonds. The number of ether oxygens (including phenoxy) is 5. The van der Waals surface area contributed by atoms with Gasteiger partial charge in [0.2, 0.25) is 23.6 Å². The Labute approximate surface area is 572 Å². The number of aromatic amines is 1. The van der Waals surface area contributed by atoms with E-state index in [4.69, 9.17) is 29.4 Å². The summed E-state index contributed by atoms with van der Waals surface area (Å²) < 4.78 is 28.2. The summed E-state index contributed by atoms with van der Waals surface area (Å²) >= 11 is 3.76. The largest absolute Gasteiger partial charge is 0.415 e. The van der Waals surface area contributed by atoms with E-state index in [1.165, 1.54) is 12.2 Å². The van der Waals surface area contributed by atoms with Crippen LogP contribution < -0.4 is 42.5 Å². The molecule has 3 aromatic rings. The van der Waals surface area contributed by atoms with Crippen LogP contribution in [0.1, 0.15) is 78.8 Å². The van der Waals surface area contributed by atoms with Crippen molar-refractivity contribution in [1.82, 2.24) is 51.2 Å². The Bertz CT molecular complexity index is 3460. The van der Waals surface area contributed by atoms with Crippen LogP contribution in [0.2, 0.25) is 0 Å². The minimum atomic E-state index is -1.03. The molecule has 0 radical (unpaired) electrons. The number of likely N-dealkylation sites (N-methyl/N-ethyl adjacent to an activating group) is 1. The topological polar surface area (TPSA) is 347 Å². The van der Waals surface area contributed by atoms with Crippen molar-refractivity contribution in [2.24, 2.45) is 23.5 Å². The Morgan fingerprint density at radius 3 is 2.10 bits per heavy atom. The number of aromatic nitrogens is 1. The van der Waals surface area contributed by atoms with Gasteiger partial charge in [-0.05, 0) is 116 Å². The SMILES string of the molecule is CC(C)[C@H](NCCNC(=O)CCOCCOCCOCCOCCNC(=O)CCN1C(=O)C=CC1=O)C(=O)N[C@@H](CCCNC(N)=O)C(=O)Nc1ccc(C(=O)N2CCc3c2ccc2[nH]c(C(=O)N4C[C@@H](CBr)C5C6=C(CCC=C6)C(OC(=O)N6CCN(C)CC6)=CC54)cc32)cc1.